The highest BCUT2D eigenvalue weighted by molar-refractivity contribution is 6.01. The molecule has 3 atom stereocenters. The van der Waals surface area contributed by atoms with Crippen molar-refractivity contribution in [1.29, 1.82) is 0 Å². The van der Waals surface area contributed by atoms with E-state index in [1.165, 1.54) is 17.2 Å². The summed E-state index contributed by atoms with van der Waals surface area (Å²) in [7, 11) is 0. The third-order valence-corrected chi connectivity index (χ3v) is 15.4. The molecule has 4 saturated heterocycles. The molecule has 4 aromatic rings. The number of fused-ring (bicyclic) bond motifs is 1. The predicted molar refractivity (Wildman–Crippen MR) is 276 cm³/mol. The molecule has 1 aliphatic carbocycles. The van der Waals surface area contributed by atoms with E-state index >= 15 is 0 Å². The summed E-state index contributed by atoms with van der Waals surface area (Å²) in [5.74, 6) is 0.718. The van der Waals surface area contributed by atoms with Crippen LogP contribution in [0.3, 0.4) is 0 Å². The highest BCUT2D eigenvalue weighted by Gasteiger charge is 2.37. The van der Waals surface area contributed by atoms with Gasteiger partial charge in [0.05, 0.1) is 5.56 Å². The number of likely N-dealkylation sites (tertiary alicyclic amines) is 2. The number of piperazine rings is 1. The van der Waals surface area contributed by atoms with E-state index in [1.54, 1.807) is 23.2 Å². The largest absolute Gasteiger partial charge is 0.444 e. The Kier molecular flexibility index (Phi) is 15.3. The second-order valence-electron chi connectivity index (χ2n) is 21.5. The summed E-state index contributed by atoms with van der Waals surface area (Å²) in [4.78, 5) is 67.7. The first-order chi connectivity index (χ1) is 34.8. The van der Waals surface area contributed by atoms with Crippen LogP contribution >= 0.6 is 0 Å². The number of nitrogens with zero attached hydrogens (tertiary/aromatic N) is 6. The summed E-state index contributed by atoms with van der Waals surface area (Å²) in [6, 6.07) is 17.6. The lowest BCUT2D eigenvalue weighted by Gasteiger charge is -2.40. The van der Waals surface area contributed by atoms with E-state index in [0.717, 1.165) is 80.2 Å². The van der Waals surface area contributed by atoms with Gasteiger partial charge in [-0.05, 0) is 162 Å². The Labute approximate surface area is 426 Å². The SMILES string of the molecule is CC1Cc2nccc(-c3ccc(NC(=O)OC(C)(C)C)nc3)c2C=C1[C@H](C)N1CCC(c2ccc(C(=O)N3CCC(CN4CCN(c5ccc(NC6CCC(=O)NC6=O)cc5C(F)(F)F)CC4)CC3)cc2)CC1. The van der Waals surface area contributed by atoms with Crippen molar-refractivity contribution in [3.63, 3.8) is 0 Å². The van der Waals surface area contributed by atoms with Crippen LogP contribution in [0.25, 0.3) is 17.2 Å². The molecule has 2 unspecified atom stereocenters. The third kappa shape index (κ3) is 12.4. The van der Waals surface area contributed by atoms with Crippen LogP contribution in [0.15, 0.2) is 78.6 Å². The lowest BCUT2D eigenvalue weighted by molar-refractivity contribution is -0.137. The van der Waals surface area contributed by atoms with Crippen LogP contribution in [0, 0.1) is 11.8 Å². The number of anilines is 3. The van der Waals surface area contributed by atoms with Crippen molar-refractivity contribution in [2.24, 2.45) is 11.8 Å². The van der Waals surface area contributed by atoms with E-state index in [4.69, 9.17) is 9.72 Å². The van der Waals surface area contributed by atoms with Crippen LogP contribution in [-0.4, -0.2) is 125 Å². The Morgan fingerprint density at radius 1 is 0.863 bits per heavy atom. The molecule has 388 valence electrons. The molecule has 14 nitrogen and oxygen atoms in total. The maximum Gasteiger partial charge on any atom is 0.418 e. The average Bonchev–Trinajstić information content (AvgIpc) is 3.36. The van der Waals surface area contributed by atoms with E-state index in [2.05, 4.69) is 62.8 Å². The number of hydrogen-bond donors (Lipinski definition) is 3. The number of carbonyl (C=O) groups excluding carboxylic acids is 4. The number of ether oxygens (including phenoxy) is 1. The lowest BCUT2D eigenvalue weighted by atomic mass is 9.80. The van der Waals surface area contributed by atoms with E-state index in [0.29, 0.717) is 68.4 Å². The summed E-state index contributed by atoms with van der Waals surface area (Å²) < 4.78 is 48.4. The average molecular weight is 1000 g/mol. The minimum absolute atomic E-state index is 0.0549. The van der Waals surface area contributed by atoms with E-state index in [1.807, 2.05) is 56.1 Å². The predicted octanol–water partition coefficient (Wildman–Crippen LogP) is 9.24. The molecule has 3 N–H and O–H groups in total. The summed E-state index contributed by atoms with van der Waals surface area (Å²) in [6.45, 7) is 16.4. The van der Waals surface area contributed by atoms with Crippen molar-refractivity contribution in [2.75, 3.05) is 74.4 Å². The monoisotopic (exact) mass is 1000 g/mol. The quantitative estimate of drug-likeness (QED) is 0.123. The summed E-state index contributed by atoms with van der Waals surface area (Å²) in [5, 5.41) is 7.83. The standard InChI is InChI=1S/C56H68F3N9O5/c1-35-30-48-45(43(16-21-60-48)41-10-14-50(61-33-41)63-54(72)73-55(3,4)5)32-44(35)36(2)66-24-19-39(20-25-66)38-6-8-40(9-7-38)53(71)68-22-17-37(18-23-68)34-65-26-28-67(29-27-65)49-13-11-42(31-46(49)56(57,58)59)62-47-12-15-51(69)64-52(47)70/h6-11,13-14,16,21,31-33,35-37,39,47,62H,12,15,17-20,22-30,34H2,1-5H3,(H,61,63,72)(H,64,69,70)/t35?,36-,47?/m0/s1. The van der Waals surface area contributed by atoms with Gasteiger partial charge in [0.1, 0.15) is 17.5 Å². The van der Waals surface area contributed by atoms with Crippen LogP contribution in [0.4, 0.5) is 35.2 Å². The molecule has 2 aromatic carbocycles. The molecule has 4 amide bonds. The molecule has 4 aliphatic heterocycles. The van der Waals surface area contributed by atoms with Crippen molar-refractivity contribution in [2.45, 2.75) is 109 Å². The lowest BCUT2D eigenvalue weighted by Crippen LogP contribution is -2.49. The van der Waals surface area contributed by atoms with Gasteiger partial charge >= 0.3 is 12.3 Å². The van der Waals surface area contributed by atoms with Gasteiger partial charge in [0.25, 0.3) is 5.91 Å². The molecule has 6 heterocycles. The number of hydrogen-bond acceptors (Lipinski definition) is 11. The topological polar surface area (TPSA) is 152 Å². The van der Waals surface area contributed by atoms with Gasteiger partial charge in [-0.25, -0.2) is 9.78 Å². The van der Waals surface area contributed by atoms with Crippen molar-refractivity contribution in [3.8, 4) is 11.1 Å². The highest BCUT2D eigenvalue weighted by atomic mass is 19.4. The first kappa shape index (κ1) is 51.6. The van der Waals surface area contributed by atoms with Crippen LogP contribution in [0.5, 0.6) is 0 Å². The second-order valence-corrected chi connectivity index (χ2v) is 21.5. The number of halogens is 3. The van der Waals surface area contributed by atoms with Crippen molar-refractivity contribution >= 4 is 47.1 Å². The molecule has 0 spiro atoms. The number of amides is 4. The van der Waals surface area contributed by atoms with Crippen LogP contribution < -0.4 is 20.9 Å². The second kappa shape index (κ2) is 21.6. The molecular weight excluding hydrogens is 936 g/mol. The highest BCUT2D eigenvalue weighted by Crippen LogP contribution is 2.41. The molecule has 0 radical (unpaired) electrons. The minimum atomic E-state index is -4.59. The first-order valence-corrected chi connectivity index (χ1v) is 25.9. The molecule has 9 rings (SSSR count). The number of pyridine rings is 2. The normalized spacial score (nSPS) is 21.2. The van der Waals surface area contributed by atoms with Crippen molar-refractivity contribution < 1.29 is 37.1 Å². The van der Waals surface area contributed by atoms with Crippen molar-refractivity contribution in [1.82, 2.24) is 30.0 Å². The fourth-order valence-corrected chi connectivity index (χ4v) is 11.3. The Morgan fingerprint density at radius 3 is 2.25 bits per heavy atom. The van der Waals surface area contributed by atoms with Gasteiger partial charge in [-0.2, -0.15) is 13.2 Å². The Hall–Kier alpha value is -6.33. The molecule has 2 aromatic heterocycles. The molecule has 0 saturated carbocycles. The summed E-state index contributed by atoms with van der Waals surface area (Å²) in [5.41, 5.74) is 6.54. The number of nitrogens with one attached hydrogen (secondary N) is 3. The maximum absolute atomic E-state index is 14.3. The number of imide groups is 1. The van der Waals surface area contributed by atoms with Gasteiger partial charge in [-0.1, -0.05) is 25.1 Å². The zero-order chi connectivity index (χ0) is 51.6. The number of aromatic nitrogens is 2. The molecular formula is C56H68F3N9O5. The van der Waals surface area contributed by atoms with Gasteiger partial charge in [0.2, 0.25) is 11.8 Å². The fourth-order valence-electron chi connectivity index (χ4n) is 11.3. The zero-order valence-electron chi connectivity index (χ0n) is 42.6. The maximum atomic E-state index is 14.3. The summed E-state index contributed by atoms with van der Waals surface area (Å²) >= 11 is 0. The number of alkyl halides is 3. The summed E-state index contributed by atoms with van der Waals surface area (Å²) in [6.07, 6.45) is 5.89. The van der Waals surface area contributed by atoms with E-state index in [-0.39, 0.29) is 42.1 Å². The van der Waals surface area contributed by atoms with Gasteiger partial charge in [-0.15, -0.1) is 0 Å². The fraction of sp³-hybridized carbons (Fsp3) is 0.500. The van der Waals surface area contributed by atoms with Gasteiger partial charge in [-0.3, -0.25) is 39.8 Å². The number of carbonyl (C=O) groups is 4. The van der Waals surface area contributed by atoms with E-state index in [9.17, 15) is 32.3 Å². The van der Waals surface area contributed by atoms with E-state index < -0.39 is 35.4 Å². The van der Waals surface area contributed by atoms with Crippen LogP contribution in [-0.2, 0) is 26.9 Å². The van der Waals surface area contributed by atoms with Crippen molar-refractivity contribution in [3.05, 3.63) is 107 Å². The smallest absolute Gasteiger partial charge is 0.418 e. The van der Waals surface area contributed by atoms with Crippen LogP contribution in [0.1, 0.15) is 112 Å². The molecule has 0 bridgehead atoms. The van der Waals surface area contributed by atoms with Gasteiger partial charge in [0.15, 0.2) is 0 Å². The van der Waals surface area contributed by atoms with Crippen LogP contribution in [0.2, 0.25) is 0 Å². The molecule has 5 aliphatic rings. The Balaban J connectivity index is 0.728. The zero-order valence-corrected chi connectivity index (χ0v) is 42.6. The molecule has 4 fully saturated rings. The minimum Gasteiger partial charge on any atom is -0.444 e. The first-order valence-electron chi connectivity index (χ1n) is 25.9. The Morgan fingerprint density at radius 2 is 1.59 bits per heavy atom. The number of piperidine rings is 3. The third-order valence-electron chi connectivity index (χ3n) is 15.4. The van der Waals surface area contributed by atoms with Gasteiger partial charge < -0.3 is 19.9 Å². The molecule has 73 heavy (non-hydrogen) atoms. The number of rotatable bonds is 11. The number of benzene rings is 2. The molecule has 17 heteroatoms. The van der Waals surface area contributed by atoms with Gasteiger partial charge in [0, 0.05) is 104 Å². The Bertz CT molecular complexity index is 2680.